The van der Waals surface area contributed by atoms with Gasteiger partial charge in [-0.15, -0.1) is 0 Å². The van der Waals surface area contributed by atoms with Crippen molar-refractivity contribution >= 4 is 34.5 Å². The quantitative estimate of drug-likeness (QED) is 0.318. The highest BCUT2D eigenvalue weighted by atomic mass is 35.5. The average molecular weight is 415 g/mol. The molecule has 4 nitrogen and oxygen atoms in total. The summed E-state index contributed by atoms with van der Waals surface area (Å²) in [5, 5.41) is 6.99. The van der Waals surface area contributed by atoms with Crippen LogP contribution in [0.1, 0.15) is 21.5 Å². The monoisotopic (exact) mass is 414 g/mol. The average Bonchev–Trinajstić information content (AvgIpc) is 2.79. The van der Waals surface area contributed by atoms with Gasteiger partial charge in [-0.05, 0) is 76.5 Å². The van der Waals surface area contributed by atoms with Crippen LogP contribution in [0, 0.1) is 0 Å². The molecule has 1 amide bonds. The highest BCUT2D eigenvalue weighted by Gasteiger charge is 2.03. The van der Waals surface area contributed by atoms with Crippen LogP contribution >= 0.6 is 11.6 Å². The Bertz CT molecular complexity index is 1190. The van der Waals surface area contributed by atoms with Gasteiger partial charge in [-0.3, -0.25) is 4.79 Å². The molecule has 4 aromatic rings. The molecule has 0 atom stereocenters. The van der Waals surface area contributed by atoms with Crippen molar-refractivity contribution in [3.05, 3.63) is 113 Å². The number of hydrogen-bond donors (Lipinski definition) is 1. The fourth-order valence-corrected chi connectivity index (χ4v) is 3.10. The number of ether oxygens (including phenoxy) is 1. The molecule has 5 heteroatoms. The van der Waals surface area contributed by atoms with E-state index in [0.717, 1.165) is 16.9 Å². The Balaban J connectivity index is 1.31. The summed E-state index contributed by atoms with van der Waals surface area (Å²) in [5.41, 5.74) is 4.96. The minimum Gasteiger partial charge on any atom is -0.489 e. The molecule has 0 aliphatic carbocycles. The first-order valence-electron chi connectivity index (χ1n) is 9.47. The molecular formula is C25H19ClN2O2. The Morgan fingerprint density at radius 2 is 1.63 bits per heavy atom. The molecular weight excluding hydrogens is 396 g/mol. The van der Waals surface area contributed by atoms with E-state index in [-0.39, 0.29) is 5.91 Å². The Labute approximate surface area is 179 Å². The van der Waals surface area contributed by atoms with Crippen LogP contribution < -0.4 is 10.2 Å². The molecule has 30 heavy (non-hydrogen) atoms. The first-order chi connectivity index (χ1) is 14.7. The molecule has 0 aliphatic rings. The Morgan fingerprint density at radius 1 is 0.900 bits per heavy atom. The largest absolute Gasteiger partial charge is 0.489 e. The van der Waals surface area contributed by atoms with Gasteiger partial charge in [-0.1, -0.05) is 48.0 Å². The summed E-state index contributed by atoms with van der Waals surface area (Å²) in [6, 6.07) is 28.7. The zero-order valence-electron chi connectivity index (χ0n) is 16.1. The number of fused-ring (bicyclic) bond motifs is 1. The number of nitrogens with one attached hydrogen (secondary N) is 1. The van der Waals surface area contributed by atoms with Gasteiger partial charge in [0.05, 0.1) is 6.21 Å². The lowest BCUT2D eigenvalue weighted by Gasteiger charge is -2.07. The van der Waals surface area contributed by atoms with E-state index in [1.807, 2.05) is 36.4 Å². The van der Waals surface area contributed by atoms with Crippen LogP contribution in [0.2, 0.25) is 5.02 Å². The third kappa shape index (κ3) is 5.04. The predicted octanol–water partition coefficient (Wildman–Crippen LogP) is 5.84. The Kier molecular flexibility index (Phi) is 6.06. The van der Waals surface area contributed by atoms with Crippen molar-refractivity contribution in [3.63, 3.8) is 0 Å². The van der Waals surface area contributed by atoms with E-state index in [1.165, 1.54) is 10.8 Å². The van der Waals surface area contributed by atoms with Gasteiger partial charge in [-0.25, -0.2) is 5.43 Å². The molecule has 0 bridgehead atoms. The molecule has 0 saturated heterocycles. The van der Waals surface area contributed by atoms with Crippen molar-refractivity contribution < 1.29 is 9.53 Å². The molecule has 0 unspecified atom stereocenters. The predicted molar refractivity (Wildman–Crippen MR) is 121 cm³/mol. The molecule has 0 radical (unpaired) electrons. The van der Waals surface area contributed by atoms with Gasteiger partial charge < -0.3 is 4.74 Å². The summed E-state index contributed by atoms with van der Waals surface area (Å²) in [4.78, 5) is 12.0. The molecule has 0 saturated carbocycles. The summed E-state index contributed by atoms with van der Waals surface area (Å²) >= 11 is 5.82. The third-order valence-electron chi connectivity index (χ3n) is 4.59. The van der Waals surface area contributed by atoms with Gasteiger partial charge in [0.2, 0.25) is 0 Å². The number of hydrogen-bond acceptors (Lipinski definition) is 3. The molecule has 1 N–H and O–H groups in total. The van der Waals surface area contributed by atoms with Gasteiger partial charge in [-0.2, -0.15) is 5.10 Å². The highest BCUT2D eigenvalue weighted by Crippen LogP contribution is 2.18. The number of nitrogens with zero attached hydrogens (tertiary/aromatic N) is 1. The van der Waals surface area contributed by atoms with Gasteiger partial charge in [0, 0.05) is 10.6 Å². The van der Waals surface area contributed by atoms with Crippen LogP contribution in [0.25, 0.3) is 10.8 Å². The maximum absolute atomic E-state index is 12.0. The zero-order chi connectivity index (χ0) is 20.8. The second kappa shape index (κ2) is 9.25. The van der Waals surface area contributed by atoms with Gasteiger partial charge in [0.15, 0.2) is 0 Å². The number of carbonyl (C=O) groups is 1. The lowest BCUT2D eigenvalue weighted by molar-refractivity contribution is 0.0955. The van der Waals surface area contributed by atoms with Crippen LogP contribution in [0.4, 0.5) is 0 Å². The van der Waals surface area contributed by atoms with Crippen molar-refractivity contribution in [1.29, 1.82) is 0 Å². The standard InChI is InChI=1S/C25H19ClN2O2/c26-23-11-9-21(10-12-23)25(29)28-27-16-18-6-13-24(14-7-18)30-17-19-5-8-20-3-1-2-4-22(20)15-19/h1-16H,17H2,(H,28,29)/b27-16-. The smallest absolute Gasteiger partial charge is 0.271 e. The van der Waals surface area contributed by atoms with E-state index >= 15 is 0 Å². The van der Waals surface area contributed by atoms with Crippen molar-refractivity contribution in [3.8, 4) is 5.75 Å². The normalized spacial score (nSPS) is 11.0. The van der Waals surface area contributed by atoms with Crippen molar-refractivity contribution in [2.24, 2.45) is 5.10 Å². The van der Waals surface area contributed by atoms with E-state index in [9.17, 15) is 4.79 Å². The topological polar surface area (TPSA) is 50.7 Å². The first kappa shape index (κ1) is 19.7. The molecule has 4 rings (SSSR count). The van der Waals surface area contributed by atoms with E-state index in [2.05, 4.69) is 40.9 Å². The molecule has 0 spiro atoms. The number of carbonyl (C=O) groups excluding carboxylic acids is 1. The first-order valence-corrected chi connectivity index (χ1v) is 9.85. The fraction of sp³-hybridized carbons (Fsp3) is 0.0400. The molecule has 0 aliphatic heterocycles. The number of benzene rings is 4. The maximum Gasteiger partial charge on any atom is 0.271 e. The SMILES string of the molecule is O=C(N/N=C\c1ccc(OCc2ccc3ccccc3c2)cc1)c1ccc(Cl)cc1. The molecule has 4 aromatic carbocycles. The van der Waals surface area contributed by atoms with E-state index in [0.29, 0.717) is 17.2 Å². The lowest BCUT2D eigenvalue weighted by atomic mass is 10.1. The van der Waals surface area contributed by atoms with E-state index < -0.39 is 0 Å². The zero-order valence-corrected chi connectivity index (χ0v) is 16.8. The highest BCUT2D eigenvalue weighted by molar-refractivity contribution is 6.30. The summed E-state index contributed by atoms with van der Waals surface area (Å²) in [7, 11) is 0. The Hall–Kier alpha value is -3.63. The molecule has 148 valence electrons. The van der Waals surface area contributed by atoms with Crippen LogP contribution in [-0.2, 0) is 6.61 Å². The van der Waals surface area contributed by atoms with Crippen LogP contribution in [0.15, 0.2) is 96.1 Å². The second-order valence-electron chi connectivity index (χ2n) is 6.75. The maximum atomic E-state index is 12.0. The van der Waals surface area contributed by atoms with Gasteiger partial charge in [0.1, 0.15) is 12.4 Å². The van der Waals surface area contributed by atoms with Crippen LogP contribution in [-0.4, -0.2) is 12.1 Å². The molecule has 0 aromatic heterocycles. The molecule has 0 fully saturated rings. The van der Waals surface area contributed by atoms with E-state index in [4.69, 9.17) is 16.3 Å². The third-order valence-corrected chi connectivity index (χ3v) is 4.84. The lowest BCUT2D eigenvalue weighted by Crippen LogP contribution is -2.17. The number of halogens is 1. The minimum atomic E-state index is -0.293. The van der Waals surface area contributed by atoms with Crippen molar-refractivity contribution in [1.82, 2.24) is 5.43 Å². The van der Waals surface area contributed by atoms with Crippen molar-refractivity contribution in [2.75, 3.05) is 0 Å². The van der Waals surface area contributed by atoms with E-state index in [1.54, 1.807) is 30.5 Å². The fourth-order valence-electron chi connectivity index (χ4n) is 2.98. The van der Waals surface area contributed by atoms with Gasteiger partial charge >= 0.3 is 0 Å². The second-order valence-corrected chi connectivity index (χ2v) is 7.18. The number of hydrazone groups is 1. The summed E-state index contributed by atoms with van der Waals surface area (Å²) < 4.78 is 5.88. The summed E-state index contributed by atoms with van der Waals surface area (Å²) in [6.45, 7) is 0.495. The number of amides is 1. The Morgan fingerprint density at radius 3 is 2.40 bits per heavy atom. The molecule has 0 heterocycles. The number of rotatable bonds is 6. The minimum absolute atomic E-state index is 0.293. The van der Waals surface area contributed by atoms with Crippen LogP contribution in [0.3, 0.4) is 0 Å². The van der Waals surface area contributed by atoms with Crippen LogP contribution in [0.5, 0.6) is 5.75 Å². The van der Waals surface area contributed by atoms with Crippen molar-refractivity contribution in [2.45, 2.75) is 6.61 Å². The van der Waals surface area contributed by atoms with Gasteiger partial charge in [0.25, 0.3) is 5.91 Å². The summed E-state index contributed by atoms with van der Waals surface area (Å²) in [5.74, 6) is 0.476. The summed E-state index contributed by atoms with van der Waals surface area (Å²) in [6.07, 6.45) is 1.58.